The number of nitrogens with one attached hydrogen (secondary N) is 1. The van der Waals surface area contributed by atoms with Crippen molar-refractivity contribution in [1.82, 2.24) is 30.4 Å². The fourth-order valence-corrected chi connectivity index (χ4v) is 3.36. The molecule has 0 spiro atoms. The molecular weight excluding hydrogens is 332 g/mol. The Morgan fingerprint density at radius 1 is 1.27 bits per heavy atom. The third-order valence-corrected chi connectivity index (χ3v) is 4.64. The molecule has 0 saturated heterocycles. The first-order chi connectivity index (χ1) is 12.6. The summed E-state index contributed by atoms with van der Waals surface area (Å²) in [5.41, 5.74) is 2.34. The molecule has 1 aromatic carbocycles. The lowest BCUT2D eigenvalue weighted by atomic mass is 9.73. The van der Waals surface area contributed by atoms with Gasteiger partial charge in [0.1, 0.15) is 5.69 Å². The second-order valence-electron chi connectivity index (χ2n) is 6.10. The highest BCUT2D eigenvalue weighted by molar-refractivity contribution is 5.87. The summed E-state index contributed by atoms with van der Waals surface area (Å²) in [6.07, 6.45) is 8.15. The lowest BCUT2D eigenvalue weighted by molar-refractivity contribution is 0.0688. The summed E-state index contributed by atoms with van der Waals surface area (Å²) < 4.78 is 1.63. The summed E-state index contributed by atoms with van der Waals surface area (Å²) in [6.45, 7) is 0. The Morgan fingerprint density at radius 3 is 2.69 bits per heavy atom. The minimum Gasteiger partial charge on any atom is -0.476 e. The van der Waals surface area contributed by atoms with Crippen LogP contribution in [-0.2, 0) is 12.5 Å². The zero-order chi connectivity index (χ0) is 18.1. The number of benzene rings is 1. The zero-order valence-electron chi connectivity index (χ0n) is 14.0. The molecule has 1 aliphatic rings. The summed E-state index contributed by atoms with van der Waals surface area (Å²) in [4.78, 5) is 11.6. The van der Waals surface area contributed by atoms with Crippen LogP contribution in [-0.4, -0.2) is 41.5 Å². The number of aryl methyl sites for hydroxylation is 1. The largest absolute Gasteiger partial charge is 0.476 e. The Morgan fingerprint density at radius 2 is 2.08 bits per heavy atom. The lowest BCUT2D eigenvalue weighted by Crippen LogP contribution is -2.31. The van der Waals surface area contributed by atoms with Crippen LogP contribution in [0, 0.1) is 0 Å². The molecule has 4 rings (SSSR count). The molecule has 0 aliphatic heterocycles. The number of allylic oxidation sites excluding steroid dienone is 4. The van der Waals surface area contributed by atoms with Gasteiger partial charge in [0.2, 0.25) is 0 Å². The van der Waals surface area contributed by atoms with E-state index in [0.29, 0.717) is 12.1 Å². The number of aromatic amines is 1. The molecule has 8 heteroatoms. The van der Waals surface area contributed by atoms with Crippen LogP contribution >= 0.6 is 0 Å². The second-order valence-corrected chi connectivity index (χ2v) is 6.10. The highest BCUT2D eigenvalue weighted by Gasteiger charge is 2.41. The fraction of sp³-hybridized carbons (Fsp3) is 0.167. The van der Waals surface area contributed by atoms with Crippen molar-refractivity contribution in [3.05, 3.63) is 77.4 Å². The number of carboxylic acid groups (broad SMARTS) is 1. The van der Waals surface area contributed by atoms with E-state index in [4.69, 9.17) is 0 Å². The molecule has 8 nitrogen and oxygen atoms in total. The summed E-state index contributed by atoms with van der Waals surface area (Å²) in [5, 5.41) is 27.9. The first-order valence-electron chi connectivity index (χ1n) is 8.06. The topological polar surface area (TPSA) is 110 Å². The molecule has 0 radical (unpaired) electrons. The maximum absolute atomic E-state index is 11.6. The summed E-state index contributed by atoms with van der Waals surface area (Å²) >= 11 is 0. The first kappa shape index (κ1) is 15.9. The molecule has 0 fully saturated rings. The van der Waals surface area contributed by atoms with Gasteiger partial charge in [0.05, 0.1) is 17.3 Å². The van der Waals surface area contributed by atoms with Gasteiger partial charge in [-0.1, -0.05) is 53.8 Å². The number of nitrogens with zero attached hydrogens (tertiary/aromatic N) is 5. The molecular formula is C18H16N6O2. The minimum atomic E-state index is -1.13. The van der Waals surface area contributed by atoms with Crippen LogP contribution in [0.25, 0.3) is 5.57 Å². The van der Waals surface area contributed by atoms with Crippen molar-refractivity contribution in [2.75, 3.05) is 0 Å². The van der Waals surface area contributed by atoms with Crippen molar-refractivity contribution in [1.29, 1.82) is 0 Å². The van der Waals surface area contributed by atoms with Crippen LogP contribution < -0.4 is 0 Å². The van der Waals surface area contributed by atoms with E-state index in [1.807, 2.05) is 42.5 Å². The van der Waals surface area contributed by atoms with E-state index in [2.05, 4.69) is 31.8 Å². The average molecular weight is 348 g/mol. The standard InChI is InChI=1S/C18H16N6O2/c1-24-14(11-19-23-24)18(16-15(17(25)26)20-22-21-16)9-7-13(8-10-18)12-5-3-2-4-6-12/h2-9,11H,10H2,1H3,(H,25,26)(H,20,21,22). The molecule has 0 amide bonds. The maximum atomic E-state index is 11.6. The zero-order valence-corrected chi connectivity index (χ0v) is 14.0. The number of aromatic nitrogens is 6. The molecule has 1 unspecified atom stereocenters. The van der Waals surface area contributed by atoms with Crippen molar-refractivity contribution in [2.24, 2.45) is 7.05 Å². The highest BCUT2D eigenvalue weighted by Crippen LogP contribution is 2.41. The van der Waals surface area contributed by atoms with E-state index in [1.165, 1.54) is 0 Å². The molecule has 3 aromatic rings. The Balaban J connectivity index is 1.84. The Kier molecular flexibility index (Phi) is 3.72. The van der Waals surface area contributed by atoms with E-state index in [1.54, 1.807) is 17.9 Å². The van der Waals surface area contributed by atoms with Crippen molar-refractivity contribution in [3.63, 3.8) is 0 Å². The van der Waals surface area contributed by atoms with Gasteiger partial charge in [0.15, 0.2) is 5.69 Å². The van der Waals surface area contributed by atoms with E-state index in [-0.39, 0.29) is 5.69 Å². The highest BCUT2D eigenvalue weighted by atomic mass is 16.4. The summed E-state index contributed by atoms with van der Waals surface area (Å²) in [6, 6.07) is 10.0. The number of H-pyrrole nitrogens is 1. The van der Waals surface area contributed by atoms with Gasteiger partial charge in [0, 0.05) is 7.05 Å². The molecule has 2 aromatic heterocycles. The molecule has 2 N–H and O–H groups in total. The van der Waals surface area contributed by atoms with Crippen molar-refractivity contribution < 1.29 is 9.90 Å². The quantitative estimate of drug-likeness (QED) is 0.746. The number of rotatable bonds is 4. The molecule has 1 atom stereocenters. The number of carboxylic acids is 1. The average Bonchev–Trinajstić information content (AvgIpc) is 3.32. The Hall–Kier alpha value is -3.55. The van der Waals surface area contributed by atoms with Gasteiger partial charge in [-0.2, -0.15) is 10.3 Å². The number of carbonyl (C=O) groups is 1. The second kappa shape index (κ2) is 6.07. The number of hydrogen-bond donors (Lipinski definition) is 2. The molecule has 26 heavy (non-hydrogen) atoms. The van der Waals surface area contributed by atoms with Crippen LogP contribution in [0.3, 0.4) is 0 Å². The van der Waals surface area contributed by atoms with Crippen molar-refractivity contribution in [2.45, 2.75) is 11.8 Å². The third-order valence-electron chi connectivity index (χ3n) is 4.64. The van der Waals surface area contributed by atoms with E-state index < -0.39 is 11.4 Å². The smallest absolute Gasteiger partial charge is 0.358 e. The predicted octanol–water partition coefficient (Wildman–Crippen LogP) is 1.96. The maximum Gasteiger partial charge on any atom is 0.358 e. The fourth-order valence-electron chi connectivity index (χ4n) is 3.36. The van der Waals surface area contributed by atoms with E-state index in [0.717, 1.165) is 16.8 Å². The van der Waals surface area contributed by atoms with Crippen LogP contribution in [0.5, 0.6) is 0 Å². The molecule has 0 saturated carbocycles. The summed E-state index contributed by atoms with van der Waals surface area (Å²) in [5.74, 6) is -1.13. The lowest BCUT2D eigenvalue weighted by Gasteiger charge is -2.30. The monoisotopic (exact) mass is 348 g/mol. The van der Waals surface area contributed by atoms with Gasteiger partial charge >= 0.3 is 5.97 Å². The number of aromatic carboxylic acids is 1. The van der Waals surface area contributed by atoms with Gasteiger partial charge in [-0.05, 0) is 17.6 Å². The van der Waals surface area contributed by atoms with Crippen LogP contribution in [0.2, 0.25) is 0 Å². The van der Waals surface area contributed by atoms with Crippen molar-refractivity contribution in [3.8, 4) is 0 Å². The molecule has 1 aliphatic carbocycles. The van der Waals surface area contributed by atoms with Gasteiger partial charge in [-0.25, -0.2) is 4.79 Å². The SMILES string of the molecule is Cn1nncc1C1(c2n[nH]nc2C(=O)O)C=CC(c2ccccc2)=CC1. The first-order valence-corrected chi connectivity index (χ1v) is 8.06. The van der Waals surface area contributed by atoms with E-state index >= 15 is 0 Å². The van der Waals surface area contributed by atoms with Crippen LogP contribution in [0.4, 0.5) is 0 Å². The molecule has 130 valence electrons. The van der Waals surface area contributed by atoms with Gasteiger partial charge in [0.25, 0.3) is 0 Å². The predicted molar refractivity (Wildman–Crippen MR) is 93.3 cm³/mol. The minimum absolute atomic E-state index is 0.104. The van der Waals surface area contributed by atoms with Gasteiger partial charge < -0.3 is 5.11 Å². The van der Waals surface area contributed by atoms with Crippen molar-refractivity contribution >= 4 is 11.5 Å². The van der Waals surface area contributed by atoms with Gasteiger partial charge in [-0.3, -0.25) is 4.68 Å². The van der Waals surface area contributed by atoms with Crippen LogP contribution in [0.1, 0.15) is 33.9 Å². The third kappa shape index (κ3) is 2.43. The Bertz CT molecular complexity index is 1020. The molecule has 2 heterocycles. The van der Waals surface area contributed by atoms with E-state index in [9.17, 15) is 9.90 Å². The van der Waals surface area contributed by atoms with Crippen LogP contribution in [0.15, 0.2) is 54.8 Å². The number of hydrogen-bond acceptors (Lipinski definition) is 5. The summed E-state index contributed by atoms with van der Waals surface area (Å²) in [7, 11) is 1.77. The molecule has 0 bridgehead atoms. The Labute approximate surface area is 148 Å². The normalized spacial score (nSPS) is 19.3. The van der Waals surface area contributed by atoms with Gasteiger partial charge in [-0.15, -0.1) is 10.2 Å².